The molecule has 1 aliphatic carbocycles. The van der Waals surface area contributed by atoms with Gasteiger partial charge in [-0.25, -0.2) is 0 Å². The first-order valence-electron chi connectivity index (χ1n) is 13.8. The summed E-state index contributed by atoms with van der Waals surface area (Å²) in [5.41, 5.74) is 0. The van der Waals surface area contributed by atoms with Gasteiger partial charge in [-0.3, -0.25) is 29.0 Å². The van der Waals surface area contributed by atoms with Gasteiger partial charge in [-0.1, -0.05) is 12.8 Å². The summed E-state index contributed by atoms with van der Waals surface area (Å²) in [5.74, 6) is -6.38. The van der Waals surface area contributed by atoms with Crippen LogP contribution in [-0.4, -0.2) is 130 Å². The number of likely N-dealkylation sites (tertiary alicyclic amines) is 2. The van der Waals surface area contributed by atoms with Gasteiger partial charge in [0.1, 0.15) is 0 Å². The van der Waals surface area contributed by atoms with Gasteiger partial charge in [0.25, 0.3) is 0 Å². The standard InChI is InChI=1S/C26H40N4O10.Mn/c31-21(27-9-5-17(6-10-27)25(37)38)13-29(15-23(33)34)19-3-1-2-4-20(19)30(16-24(35)36)14-22(32)28-11-7-18(8-12-28)26(39)40;/h17-20H,1-16H2,(H,33,34)(H,35,36)(H,37,38)(H,39,40);/q;+2/p-2. The van der Waals surface area contributed by atoms with Gasteiger partial charge < -0.3 is 39.8 Å². The third-order valence-electron chi connectivity index (χ3n) is 8.37. The molecular weight excluding hydrogens is 583 g/mol. The van der Waals surface area contributed by atoms with Crippen molar-refractivity contribution in [2.45, 2.75) is 63.5 Å². The molecule has 0 aromatic carbocycles. The maximum absolute atomic E-state index is 13.1. The van der Waals surface area contributed by atoms with Crippen molar-refractivity contribution in [1.29, 1.82) is 0 Å². The predicted octanol–water partition coefficient (Wildman–Crippen LogP) is -2.95. The van der Waals surface area contributed by atoms with E-state index in [2.05, 4.69) is 0 Å². The first kappa shape index (κ1) is 34.5. The van der Waals surface area contributed by atoms with Gasteiger partial charge in [0.2, 0.25) is 11.8 Å². The maximum atomic E-state index is 13.1. The van der Waals surface area contributed by atoms with Gasteiger partial charge in [0, 0.05) is 51.4 Å². The van der Waals surface area contributed by atoms with Crippen molar-refractivity contribution in [3.63, 3.8) is 0 Å². The number of hydrogen-bond donors (Lipinski definition) is 2. The van der Waals surface area contributed by atoms with Crippen molar-refractivity contribution in [3.05, 3.63) is 0 Å². The van der Waals surface area contributed by atoms with Crippen molar-refractivity contribution in [2.75, 3.05) is 52.4 Å². The van der Waals surface area contributed by atoms with E-state index in [1.807, 2.05) is 0 Å². The minimum Gasteiger partial charge on any atom is -0.549 e. The van der Waals surface area contributed by atoms with Crippen molar-refractivity contribution in [3.8, 4) is 0 Å². The number of aliphatic carboxylic acids is 4. The molecule has 2 saturated heterocycles. The summed E-state index contributed by atoms with van der Waals surface area (Å²) >= 11 is 0. The third-order valence-corrected chi connectivity index (χ3v) is 8.37. The molecule has 0 bridgehead atoms. The molecule has 0 aromatic rings. The van der Waals surface area contributed by atoms with E-state index in [4.69, 9.17) is 0 Å². The van der Waals surface area contributed by atoms with Gasteiger partial charge in [0.15, 0.2) is 0 Å². The Labute approximate surface area is 249 Å². The monoisotopic (exact) mass is 621 g/mol. The molecule has 229 valence electrons. The summed E-state index contributed by atoms with van der Waals surface area (Å²) < 4.78 is 0. The average Bonchev–Trinajstić information content (AvgIpc) is 2.91. The summed E-state index contributed by atoms with van der Waals surface area (Å²) in [4.78, 5) is 78.1. The molecule has 3 fully saturated rings. The second-order valence-electron chi connectivity index (χ2n) is 11.0. The Morgan fingerprint density at radius 2 is 0.902 bits per heavy atom. The van der Waals surface area contributed by atoms with Crippen LogP contribution >= 0.6 is 0 Å². The molecule has 0 spiro atoms. The van der Waals surface area contributed by atoms with Crippen LogP contribution in [0.1, 0.15) is 51.4 Å². The largest absolute Gasteiger partial charge is 2.00 e. The Hall–Kier alpha value is -2.74. The van der Waals surface area contributed by atoms with Gasteiger partial charge in [-0.2, -0.15) is 0 Å². The molecule has 1 radical (unpaired) electrons. The van der Waals surface area contributed by atoms with Gasteiger partial charge in [-0.05, 0) is 38.5 Å². The normalized spacial score (nSPS) is 22.3. The fourth-order valence-electron chi connectivity index (χ4n) is 6.16. The number of carboxylic acid groups (broad SMARTS) is 4. The molecule has 1 saturated carbocycles. The summed E-state index contributed by atoms with van der Waals surface area (Å²) in [5, 5.41) is 41.8. The topological polar surface area (TPSA) is 202 Å². The molecule has 3 aliphatic rings. The molecule has 2 aliphatic heterocycles. The first-order chi connectivity index (χ1) is 19.0. The second kappa shape index (κ2) is 16.0. The number of rotatable bonds is 12. The molecular formula is C26H38MnN4O10. The Morgan fingerprint density at radius 1 is 0.585 bits per heavy atom. The number of carboxylic acids is 4. The van der Waals surface area contributed by atoms with E-state index in [1.165, 1.54) is 19.6 Å². The van der Waals surface area contributed by atoms with Crippen molar-refractivity contribution in [1.82, 2.24) is 19.6 Å². The summed E-state index contributed by atoms with van der Waals surface area (Å²) in [6, 6.07) is -1.09. The molecule has 0 aromatic heterocycles. The van der Waals surface area contributed by atoms with Crippen LogP contribution in [-0.2, 0) is 45.8 Å². The number of nitrogens with zero attached hydrogens (tertiary/aromatic N) is 4. The van der Waals surface area contributed by atoms with Gasteiger partial charge in [0.05, 0.1) is 36.9 Å². The average molecular weight is 622 g/mol. The Kier molecular flexibility index (Phi) is 13.5. The fraction of sp³-hybridized carbons (Fsp3) is 0.769. The third kappa shape index (κ3) is 9.94. The zero-order valence-corrected chi connectivity index (χ0v) is 24.1. The van der Waals surface area contributed by atoms with E-state index in [0.717, 1.165) is 12.8 Å². The van der Waals surface area contributed by atoms with Gasteiger partial charge in [-0.15, -0.1) is 0 Å². The fourth-order valence-corrected chi connectivity index (χ4v) is 6.16. The van der Waals surface area contributed by atoms with E-state index in [9.17, 15) is 49.2 Å². The minimum atomic E-state index is -1.40. The van der Waals surface area contributed by atoms with Crippen LogP contribution in [0.2, 0.25) is 0 Å². The van der Waals surface area contributed by atoms with E-state index < -0.39 is 60.9 Å². The van der Waals surface area contributed by atoms with Crippen LogP contribution in [0.15, 0.2) is 0 Å². The SMILES string of the molecule is O=C([O-])CN(CC(=O)N1CCC(C(=O)O)CC1)C1CCCCC1N(CC(=O)[O-])CC(=O)N1CCC(C(=O)O)CC1.[Mn+2]. The molecule has 2 amide bonds. The van der Waals surface area contributed by atoms with Crippen molar-refractivity contribution in [2.24, 2.45) is 11.8 Å². The molecule has 2 unspecified atom stereocenters. The molecule has 2 N–H and O–H groups in total. The van der Waals surface area contributed by atoms with E-state index in [1.54, 1.807) is 0 Å². The van der Waals surface area contributed by atoms with Crippen LogP contribution in [0.5, 0.6) is 0 Å². The van der Waals surface area contributed by atoms with Crippen LogP contribution in [0, 0.1) is 11.8 Å². The van der Waals surface area contributed by atoms with E-state index in [-0.39, 0.29) is 68.2 Å². The molecule has 3 rings (SSSR count). The molecule has 15 heteroatoms. The predicted molar refractivity (Wildman–Crippen MR) is 133 cm³/mol. The van der Waals surface area contributed by atoms with E-state index in [0.29, 0.717) is 38.5 Å². The van der Waals surface area contributed by atoms with Crippen LogP contribution < -0.4 is 10.2 Å². The number of piperidine rings is 2. The Balaban J connectivity index is 0.00000588. The smallest absolute Gasteiger partial charge is 0.549 e. The molecule has 2 atom stereocenters. The zero-order chi connectivity index (χ0) is 29.4. The van der Waals surface area contributed by atoms with Crippen molar-refractivity contribution >= 4 is 35.7 Å². The number of amides is 2. The van der Waals surface area contributed by atoms with Crippen molar-refractivity contribution < 1.29 is 66.3 Å². The van der Waals surface area contributed by atoms with Crippen LogP contribution in [0.4, 0.5) is 0 Å². The summed E-state index contributed by atoms with van der Waals surface area (Å²) in [7, 11) is 0. The summed E-state index contributed by atoms with van der Waals surface area (Å²) in [6.07, 6.45) is 3.62. The Bertz CT molecular complexity index is 890. The maximum Gasteiger partial charge on any atom is 2.00 e. The molecule has 14 nitrogen and oxygen atoms in total. The molecule has 2 heterocycles. The summed E-state index contributed by atoms with van der Waals surface area (Å²) in [6.45, 7) is -0.673. The molecule has 41 heavy (non-hydrogen) atoms. The number of hydrogen-bond acceptors (Lipinski definition) is 10. The van der Waals surface area contributed by atoms with Crippen LogP contribution in [0.25, 0.3) is 0 Å². The zero-order valence-electron chi connectivity index (χ0n) is 23.0. The van der Waals surface area contributed by atoms with Gasteiger partial charge >= 0.3 is 29.0 Å². The first-order valence-corrected chi connectivity index (χ1v) is 13.8. The minimum absolute atomic E-state index is 0. The quantitative estimate of drug-likeness (QED) is 0.210. The van der Waals surface area contributed by atoms with Crippen LogP contribution in [0.3, 0.4) is 0 Å². The number of carbonyl (C=O) groups is 6. The second-order valence-corrected chi connectivity index (χ2v) is 11.0. The Morgan fingerprint density at radius 3 is 1.17 bits per heavy atom. The number of carbonyl (C=O) groups excluding carboxylic acids is 4. The van der Waals surface area contributed by atoms with E-state index >= 15 is 0 Å².